The summed E-state index contributed by atoms with van der Waals surface area (Å²) in [5, 5.41) is 0. The number of fused-ring (bicyclic) bond motifs is 6. The number of rotatable bonds is 8. The van der Waals surface area contributed by atoms with Crippen molar-refractivity contribution in [2.75, 3.05) is 9.80 Å². The molecule has 11 rings (SSSR count). The Bertz CT molecular complexity index is 2790. The Morgan fingerprint density at radius 2 is 0.532 bits per heavy atom. The molecule has 0 fully saturated rings. The Balaban J connectivity index is 1.15. The molecule has 0 saturated heterocycles. The van der Waals surface area contributed by atoms with Crippen LogP contribution in [0.2, 0.25) is 0 Å². The quantitative estimate of drug-likeness (QED) is 0.151. The zero-order valence-corrected chi connectivity index (χ0v) is 35.7. The van der Waals surface area contributed by atoms with E-state index in [4.69, 9.17) is 0 Å². The summed E-state index contributed by atoms with van der Waals surface area (Å²) in [4.78, 5) is 4.81. The van der Waals surface area contributed by atoms with Crippen molar-refractivity contribution in [3.8, 4) is 44.5 Å². The topological polar surface area (TPSA) is 6.48 Å². The highest BCUT2D eigenvalue weighted by molar-refractivity contribution is 6.01. The molecular weight excluding hydrogens is 749 g/mol. The Morgan fingerprint density at radius 1 is 0.258 bits per heavy atom. The zero-order chi connectivity index (χ0) is 42.0. The molecular formula is C60H48N2. The van der Waals surface area contributed by atoms with Crippen molar-refractivity contribution >= 4 is 34.1 Å². The molecule has 9 aromatic carbocycles. The maximum Gasteiger partial charge on any atom is 0.0471 e. The minimum atomic E-state index is -0.282. The molecule has 9 aromatic rings. The first-order valence-corrected chi connectivity index (χ1v) is 21.8. The first kappa shape index (κ1) is 37.6. The van der Waals surface area contributed by atoms with Crippen molar-refractivity contribution in [3.63, 3.8) is 0 Å². The van der Waals surface area contributed by atoms with Gasteiger partial charge in [-0.25, -0.2) is 0 Å². The lowest BCUT2D eigenvalue weighted by Gasteiger charge is -2.29. The molecule has 2 aliphatic carbocycles. The molecule has 0 amide bonds. The van der Waals surface area contributed by atoms with Crippen molar-refractivity contribution in [2.45, 2.75) is 38.5 Å². The number of benzene rings is 9. The van der Waals surface area contributed by atoms with E-state index in [0.717, 1.165) is 34.1 Å². The molecule has 0 atom stereocenters. The number of hydrogen-bond acceptors (Lipinski definition) is 2. The molecule has 298 valence electrons. The summed E-state index contributed by atoms with van der Waals surface area (Å²) in [6, 6.07) is 80.0. The summed E-state index contributed by atoms with van der Waals surface area (Å²) in [6.07, 6.45) is 0. The lowest BCUT2D eigenvalue weighted by atomic mass is 9.79. The second kappa shape index (κ2) is 14.6. The predicted molar refractivity (Wildman–Crippen MR) is 262 cm³/mol. The smallest absolute Gasteiger partial charge is 0.0471 e. The molecule has 0 spiro atoms. The van der Waals surface area contributed by atoms with Gasteiger partial charge in [0.2, 0.25) is 0 Å². The van der Waals surface area contributed by atoms with Gasteiger partial charge in [0.1, 0.15) is 0 Å². The molecule has 0 saturated carbocycles. The Morgan fingerprint density at radius 3 is 0.823 bits per heavy atom. The maximum atomic E-state index is 2.57. The summed E-state index contributed by atoms with van der Waals surface area (Å²) >= 11 is 0. The van der Waals surface area contributed by atoms with Gasteiger partial charge in [-0.3, -0.25) is 0 Å². The lowest BCUT2D eigenvalue weighted by molar-refractivity contribution is 0.652. The molecule has 0 aromatic heterocycles. The van der Waals surface area contributed by atoms with Crippen LogP contribution in [0.4, 0.5) is 34.1 Å². The van der Waals surface area contributed by atoms with E-state index in [-0.39, 0.29) is 10.8 Å². The summed E-state index contributed by atoms with van der Waals surface area (Å²) in [7, 11) is 0. The molecule has 0 radical (unpaired) electrons. The van der Waals surface area contributed by atoms with Crippen molar-refractivity contribution in [2.24, 2.45) is 0 Å². The fourth-order valence-corrected chi connectivity index (χ4v) is 10.3. The Hall–Kier alpha value is -7.42. The third-order valence-corrected chi connectivity index (χ3v) is 13.4. The highest BCUT2D eigenvalue weighted by Gasteiger charge is 2.44. The van der Waals surface area contributed by atoms with E-state index >= 15 is 0 Å². The highest BCUT2D eigenvalue weighted by atomic mass is 15.1. The molecule has 0 unspecified atom stereocenters. The second-order valence-electron chi connectivity index (χ2n) is 17.8. The molecule has 0 aliphatic heterocycles. The SMILES string of the molecule is CC1(C)c2cc3c(cc2-c2c(-c4ccccc4)cc(N(c4ccccc4)c4ccccc4)cc21)C(C)(C)c1cc(N(c2ccccc2)c2ccccc2)cc(-c2ccccc2)c1-3. The van der Waals surface area contributed by atoms with E-state index in [1.54, 1.807) is 0 Å². The van der Waals surface area contributed by atoms with Crippen LogP contribution >= 0.6 is 0 Å². The van der Waals surface area contributed by atoms with E-state index < -0.39 is 0 Å². The third kappa shape index (κ3) is 6.01. The Labute approximate surface area is 366 Å². The normalized spacial score (nSPS) is 13.7. The van der Waals surface area contributed by atoms with Gasteiger partial charge in [-0.2, -0.15) is 0 Å². The molecule has 62 heavy (non-hydrogen) atoms. The zero-order valence-electron chi connectivity index (χ0n) is 35.7. The largest absolute Gasteiger partial charge is 0.310 e. The molecule has 2 heteroatoms. The van der Waals surface area contributed by atoms with Crippen LogP contribution in [0.5, 0.6) is 0 Å². The predicted octanol–water partition coefficient (Wildman–Crippen LogP) is 16.6. The van der Waals surface area contributed by atoms with Gasteiger partial charge in [0.05, 0.1) is 0 Å². The van der Waals surface area contributed by atoms with Crippen LogP contribution in [-0.2, 0) is 10.8 Å². The minimum Gasteiger partial charge on any atom is -0.310 e. The van der Waals surface area contributed by atoms with Crippen LogP contribution in [0.3, 0.4) is 0 Å². The van der Waals surface area contributed by atoms with E-state index in [1.165, 1.54) is 66.8 Å². The van der Waals surface area contributed by atoms with Crippen LogP contribution in [0, 0.1) is 0 Å². The van der Waals surface area contributed by atoms with Crippen LogP contribution in [-0.4, -0.2) is 0 Å². The van der Waals surface area contributed by atoms with Crippen molar-refractivity contribution in [1.82, 2.24) is 0 Å². The number of para-hydroxylation sites is 4. The number of nitrogens with zero attached hydrogens (tertiary/aromatic N) is 2. The van der Waals surface area contributed by atoms with Gasteiger partial charge in [-0.15, -0.1) is 0 Å². The fraction of sp³-hybridized carbons (Fsp3) is 0.100. The van der Waals surface area contributed by atoms with Crippen LogP contribution in [0.15, 0.2) is 218 Å². The van der Waals surface area contributed by atoms with Crippen LogP contribution in [0.25, 0.3) is 44.5 Å². The third-order valence-electron chi connectivity index (χ3n) is 13.4. The first-order valence-electron chi connectivity index (χ1n) is 21.8. The molecule has 0 heterocycles. The van der Waals surface area contributed by atoms with E-state index in [1.807, 2.05) is 0 Å². The summed E-state index contributed by atoms with van der Waals surface area (Å²) < 4.78 is 0. The highest BCUT2D eigenvalue weighted by Crippen LogP contribution is 2.61. The molecule has 2 aliphatic rings. The summed E-state index contributed by atoms with van der Waals surface area (Å²) in [6.45, 7) is 9.71. The average Bonchev–Trinajstić information content (AvgIpc) is 3.68. The number of hydrogen-bond donors (Lipinski definition) is 0. The number of anilines is 6. The van der Waals surface area contributed by atoms with E-state index in [9.17, 15) is 0 Å². The maximum absolute atomic E-state index is 2.57. The molecule has 0 bridgehead atoms. The van der Waals surface area contributed by atoms with Crippen molar-refractivity contribution in [3.05, 3.63) is 241 Å². The van der Waals surface area contributed by atoms with Crippen molar-refractivity contribution < 1.29 is 0 Å². The monoisotopic (exact) mass is 796 g/mol. The summed E-state index contributed by atoms with van der Waals surface area (Å²) in [5.74, 6) is 0. The molecule has 0 N–H and O–H groups in total. The van der Waals surface area contributed by atoms with Crippen molar-refractivity contribution in [1.29, 1.82) is 0 Å². The minimum absolute atomic E-state index is 0.282. The van der Waals surface area contributed by atoms with Gasteiger partial charge in [-0.05, 0) is 152 Å². The average molecular weight is 797 g/mol. The Kier molecular flexibility index (Phi) is 8.87. The van der Waals surface area contributed by atoms with E-state index in [0.29, 0.717) is 0 Å². The van der Waals surface area contributed by atoms with Gasteiger partial charge < -0.3 is 9.80 Å². The summed E-state index contributed by atoms with van der Waals surface area (Å²) in [5.41, 5.74) is 22.0. The van der Waals surface area contributed by atoms with Gasteiger partial charge in [0, 0.05) is 45.0 Å². The van der Waals surface area contributed by atoms with Gasteiger partial charge in [0.15, 0.2) is 0 Å². The van der Waals surface area contributed by atoms with E-state index in [2.05, 4.69) is 256 Å². The van der Waals surface area contributed by atoms with Crippen LogP contribution < -0.4 is 9.80 Å². The van der Waals surface area contributed by atoms with Gasteiger partial charge in [-0.1, -0.05) is 161 Å². The standard InChI is InChI=1S/C60H48N2/c1-59(2)53-39-52-54(40-51(53)57-49(41-23-11-5-12-24-41)35-47(37-55(57)59)61(43-27-15-7-16-28-43)44-29-17-8-18-30-44)60(3,4)56-38-48(36-50(58(52)56)42-25-13-6-14-26-42)62(45-31-19-9-20-32-45)46-33-21-10-22-34-46/h5-40H,1-4H3. The van der Waals surface area contributed by atoms with Gasteiger partial charge in [0.25, 0.3) is 0 Å². The fourth-order valence-electron chi connectivity index (χ4n) is 10.3. The van der Waals surface area contributed by atoms with Gasteiger partial charge >= 0.3 is 0 Å². The second-order valence-corrected chi connectivity index (χ2v) is 17.8. The lowest BCUT2D eigenvalue weighted by Crippen LogP contribution is -2.18. The van der Waals surface area contributed by atoms with Crippen LogP contribution in [0.1, 0.15) is 49.9 Å². The first-order chi connectivity index (χ1) is 30.3. The molecule has 2 nitrogen and oxygen atoms in total.